The van der Waals surface area contributed by atoms with Crippen LogP contribution in [0.1, 0.15) is 27.9 Å². The molecule has 2 heterocycles. The number of nitrogens with one attached hydrogen (secondary N) is 1. The Morgan fingerprint density at radius 2 is 2.00 bits per heavy atom. The molecular formula is C17H14Cl2N4OS. The maximum absolute atomic E-state index is 12.6. The lowest BCUT2D eigenvalue weighted by molar-refractivity contribution is 0.0954. The summed E-state index contributed by atoms with van der Waals surface area (Å²) in [6, 6.07) is 6.89. The van der Waals surface area contributed by atoms with E-state index in [1.165, 1.54) is 11.3 Å². The minimum absolute atomic E-state index is 0.201. The van der Waals surface area contributed by atoms with Gasteiger partial charge in [0.15, 0.2) is 10.8 Å². The van der Waals surface area contributed by atoms with Crippen LogP contribution in [0.3, 0.4) is 0 Å². The van der Waals surface area contributed by atoms with Gasteiger partial charge in [0.25, 0.3) is 5.91 Å². The van der Waals surface area contributed by atoms with E-state index in [1.54, 1.807) is 36.7 Å². The summed E-state index contributed by atoms with van der Waals surface area (Å²) in [5.41, 5.74) is 1.49. The number of amides is 1. The Kier molecular flexibility index (Phi) is 5.63. The number of nitrogens with zero attached hydrogens (tertiary/aromatic N) is 3. The van der Waals surface area contributed by atoms with E-state index >= 15 is 0 Å². The Morgan fingerprint density at radius 1 is 1.24 bits per heavy atom. The van der Waals surface area contributed by atoms with Gasteiger partial charge in [-0.1, -0.05) is 30.1 Å². The van der Waals surface area contributed by atoms with Crippen molar-refractivity contribution < 1.29 is 4.79 Å². The molecule has 3 aromatic rings. The van der Waals surface area contributed by atoms with E-state index in [9.17, 15) is 4.79 Å². The zero-order chi connectivity index (χ0) is 17.8. The van der Waals surface area contributed by atoms with Gasteiger partial charge in [-0.3, -0.25) is 4.79 Å². The molecule has 0 saturated heterocycles. The predicted molar refractivity (Wildman–Crippen MR) is 100 cm³/mol. The SMILES string of the molecule is CCc1nc(-c2ncccn2)sc1C(=O)NCc1cc(Cl)ccc1Cl. The van der Waals surface area contributed by atoms with Crippen molar-refractivity contribution >= 4 is 40.4 Å². The fourth-order valence-corrected chi connectivity index (χ4v) is 3.61. The smallest absolute Gasteiger partial charge is 0.263 e. The van der Waals surface area contributed by atoms with Crippen LogP contribution in [0.4, 0.5) is 0 Å². The summed E-state index contributed by atoms with van der Waals surface area (Å²) in [6.07, 6.45) is 3.94. The molecular weight excluding hydrogens is 379 g/mol. The Hall–Kier alpha value is -2.02. The first-order valence-corrected chi connectivity index (χ1v) is 9.15. The molecule has 25 heavy (non-hydrogen) atoms. The largest absolute Gasteiger partial charge is 0.347 e. The number of carbonyl (C=O) groups is 1. The van der Waals surface area contributed by atoms with Crippen LogP contribution in [-0.4, -0.2) is 20.9 Å². The lowest BCUT2D eigenvalue weighted by Crippen LogP contribution is -2.23. The van der Waals surface area contributed by atoms with Crippen molar-refractivity contribution in [3.8, 4) is 10.8 Å². The Labute approximate surface area is 159 Å². The van der Waals surface area contributed by atoms with Gasteiger partial charge in [0.05, 0.1) is 5.69 Å². The van der Waals surface area contributed by atoms with E-state index in [0.717, 1.165) is 11.3 Å². The van der Waals surface area contributed by atoms with Crippen LogP contribution in [0.25, 0.3) is 10.8 Å². The number of aromatic nitrogens is 3. The Morgan fingerprint density at radius 3 is 2.72 bits per heavy atom. The van der Waals surface area contributed by atoms with E-state index in [4.69, 9.17) is 23.2 Å². The minimum Gasteiger partial charge on any atom is -0.347 e. The molecule has 0 bridgehead atoms. The zero-order valence-corrected chi connectivity index (χ0v) is 15.6. The highest BCUT2D eigenvalue weighted by atomic mass is 35.5. The summed E-state index contributed by atoms with van der Waals surface area (Å²) < 4.78 is 0. The van der Waals surface area contributed by atoms with Crippen molar-refractivity contribution in [2.75, 3.05) is 0 Å². The topological polar surface area (TPSA) is 67.8 Å². The molecule has 5 nitrogen and oxygen atoms in total. The third kappa shape index (κ3) is 4.15. The van der Waals surface area contributed by atoms with Gasteiger partial charge in [-0.2, -0.15) is 0 Å². The fraction of sp³-hybridized carbons (Fsp3) is 0.176. The van der Waals surface area contributed by atoms with Crippen LogP contribution in [0.2, 0.25) is 10.0 Å². The first-order chi connectivity index (χ1) is 12.1. The van der Waals surface area contributed by atoms with Crippen molar-refractivity contribution in [1.29, 1.82) is 0 Å². The maximum atomic E-state index is 12.6. The average Bonchev–Trinajstić information content (AvgIpc) is 3.07. The van der Waals surface area contributed by atoms with Crippen LogP contribution in [0.5, 0.6) is 0 Å². The molecule has 0 spiro atoms. The summed E-state index contributed by atoms with van der Waals surface area (Å²) in [5.74, 6) is 0.312. The molecule has 0 atom stereocenters. The molecule has 1 amide bonds. The predicted octanol–water partition coefficient (Wildman–Crippen LogP) is 4.40. The first kappa shape index (κ1) is 17.8. The van der Waals surface area contributed by atoms with Gasteiger partial charge in [-0.05, 0) is 36.2 Å². The lowest BCUT2D eigenvalue weighted by atomic mass is 10.2. The lowest BCUT2D eigenvalue weighted by Gasteiger charge is -2.07. The zero-order valence-electron chi connectivity index (χ0n) is 13.3. The molecule has 1 aromatic carbocycles. The number of carbonyl (C=O) groups excluding carboxylic acids is 1. The van der Waals surface area contributed by atoms with Gasteiger partial charge >= 0.3 is 0 Å². The van der Waals surface area contributed by atoms with E-state index in [0.29, 0.717) is 32.2 Å². The summed E-state index contributed by atoms with van der Waals surface area (Å²) in [7, 11) is 0. The summed E-state index contributed by atoms with van der Waals surface area (Å²) >= 11 is 13.4. The van der Waals surface area contributed by atoms with Gasteiger partial charge < -0.3 is 5.32 Å². The second-order valence-corrected chi connectivity index (χ2v) is 6.98. The molecule has 0 unspecified atom stereocenters. The van der Waals surface area contributed by atoms with Gasteiger partial charge in [0.2, 0.25) is 0 Å². The molecule has 0 radical (unpaired) electrons. The number of thiazole rings is 1. The molecule has 128 valence electrons. The van der Waals surface area contributed by atoms with Crippen molar-refractivity contribution in [2.45, 2.75) is 19.9 Å². The summed E-state index contributed by atoms with van der Waals surface area (Å²) in [5, 5.41) is 4.63. The van der Waals surface area contributed by atoms with E-state index in [-0.39, 0.29) is 12.5 Å². The summed E-state index contributed by atoms with van der Waals surface area (Å²) in [6.45, 7) is 2.24. The molecule has 1 N–H and O–H groups in total. The molecule has 2 aromatic heterocycles. The normalized spacial score (nSPS) is 10.7. The molecule has 0 aliphatic carbocycles. The fourth-order valence-electron chi connectivity index (χ4n) is 2.21. The molecule has 0 aliphatic heterocycles. The van der Waals surface area contributed by atoms with E-state index in [2.05, 4.69) is 20.3 Å². The number of rotatable bonds is 5. The number of benzene rings is 1. The van der Waals surface area contributed by atoms with Gasteiger partial charge in [-0.15, -0.1) is 11.3 Å². The van der Waals surface area contributed by atoms with Crippen LogP contribution in [-0.2, 0) is 13.0 Å². The van der Waals surface area contributed by atoms with Crippen molar-refractivity contribution in [1.82, 2.24) is 20.3 Å². The van der Waals surface area contributed by atoms with Crippen LogP contribution in [0.15, 0.2) is 36.7 Å². The average molecular weight is 393 g/mol. The molecule has 0 aliphatic rings. The van der Waals surface area contributed by atoms with Gasteiger partial charge in [0.1, 0.15) is 4.88 Å². The number of hydrogen-bond acceptors (Lipinski definition) is 5. The Bertz CT molecular complexity index is 899. The second kappa shape index (κ2) is 7.91. The minimum atomic E-state index is -0.201. The van der Waals surface area contributed by atoms with E-state index in [1.807, 2.05) is 6.92 Å². The highest BCUT2D eigenvalue weighted by Gasteiger charge is 2.19. The third-order valence-corrected chi connectivity index (χ3v) is 5.14. The summed E-state index contributed by atoms with van der Waals surface area (Å²) in [4.78, 5) is 26.0. The number of halogens is 2. The van der Waals surface area contributed by atoms with Gasteiger partial charge in [-0.25, -0.2) is 15.0 Å². The van der Waals surface area contributed by atoms with E-state index < -0.39 is 0 Å². The Balaban J connectivity index is 1.80. The second-order valence-electron chi connectivity index (χ2n) is 5.14. The number of hydrogen-bond donors (Lipinski definition) is 1. The molecule has 3 rings (SSSR count). The quantitative estimate of drug-likeness (QED) is 0.698. The van der Waals surface area contributed by atoms with Crippen LogP contribution >= 0.6 is 34.5 Å². The highest BCUT2D eigenvalue weighted by molar-refractivity contribution is 7.17. The van der Waals surface area contributed by atoms with Crippen molar-refractivity contribution in [2.24, 2.45) is 0 Å². The van der Waals surface area contributed by atoms with Gasteiger partial charge in [0, 0.05) is 29.0 Å². The van der Waals surface area contributed by atoms with Crippen LogP contribution in [0, 0.1) is 0 Å². The van der Waals surface area contributed by atoms with Crippen molar-refractivity contribution in [3.63, 3.8) is 0 Å². The molecule has 0 fully saturated rings. The molecule has 0 saturated carbocycles. The standard InChI is InChI=1S/C17H14Cl2N4OS/c1-2-13-14(25-17(23-13)15-20-6-3-7-21-15)16(24)22-9-10-8-11(18)4-5-12(10)19/h3-8H,2,9H2,1H3,(H,22,24). The maximum Gasteiger partial charge on any atom is 0.263 e. The third-order valence-electron chi connectivity index (χ3n) is 3.44. The first-order valence-electron chi connectivity index (χ1n) is 7.57. The van der Waals surface area contributed by atoms with Crippen molar-refractivity contribution in [3.05, 3.63) is 62.8 Å². The highest BCUT2D eigenvalue weighted by Crippen LogP contribution is 2.26. The number of aryl methyl sites for hydroxylation is 1. The van der Waals surface area contributed by atoms with Crippen LogP contribution < -0.4 is 5.32 Å². The monoisotopic (exact) mass is 392 g/mol. The molecule has 8 heteroatoms.